The standard InChI is InChI=1S/C12H16ClN3O3.ClH/c1-3-14-8(2)7-15-12(17)10-5-4-9(16(18)19)6-11(10)13;/h4-6,8,14H,3,7H2,1-2H3,(H,15,17);1H/t8-;/m1./s1. The summed E-state index contributed by atoms with van der Waals surface area (Å²) in [5.74, 6) is -0.343. The van der Waals surface area contributed by atoms with Crippen molar-refractivity contribution in [2.24, 2.45) is 0 Å². The fraction of sp³-hybridized carbons (Fsp3) is 0.417. The molecule has 0 spiro atoms. The van der Waals surface area contributed by atoms with Gasteiger partial charge in [0.05, 0.1) is 15.5 Å². The second kappa shape index (κ2) is 8.73. The first-order valence-corrected chi connectivity index (χ1v) is 6.29. The predicted octanol–water partition coefficient (Wildman–Crippen LogP) is 2.40. The summed E-state index contributed by atoms with van der Waals surface area (Å²) in [6.45, 7) is 5.20. The summed E-state index contributed by atoms with van der Waals surface area (Å²) in [7, 11) is 0. The zero-order valence-corrected chi connectivity index (χ0v) is 12.8. The number of carbonyl (C=O) groups excluding carboxylic acids is 1. The summed E-state index contributed by atoms with van der Waals surface area (Å²) in [6, 6.07) is 3.93. The van der Waals surface area contributed by atoms with Crippen LogP contribution in [0.25, 0.3) is 0 Å². The fourth-order valence-corrected chi connectivity index (χ4v) is 1.82. The van der Waals surface area contributed by atoms with Crippen molar-refractivity contribution in [2.75, 3.05) is 13.1 Å². The monoisotopic (exact) mass is 321 g/mol. The molecule has 0 aliphatic heterocycles. The first kappa shape index (κ1) is 18.6. The number of nitrogens with one attached hydrogen (secondary N) is 2. The van der Waals surface area contributed by atoms with E-state index in [1.807, 2.05) is 13.8 Å². The van der Waals surface area contributed by atoms with E-state index in [0.717, 1.165) is 6.54 Å². The van der Waals surface area contributed by atoms with Crippen molar-refractivity contribution in [1.82, 2.24) is 10.6 Å². The molecule has 0 heterocycles. The van der Waals surface area contributed by atoms with Crippen molar-refractivity contribution in [2.45, 2.75) is 19.9 Å². The lowest BCUT2D eigenvalue weighted by Crippen LogP contribution is -2.38. The number of hydrogen-bond acceptors (Lipinski definition) is 4. The Morgan fingerprint density at radius 2 is 2.15 bits per heavy atom. The lowest BCUT2D eigenvalue weighted by Gasteiger charge is -2.13. The van der Waals surface area contributed by atoms with Gasteiger partial charge in [0, 0.05) is 24.7 Å². The number of hydrogen-bond donors (Lipinski definition) is 2. The van der Waals surface area contributed by atoms with Gasteiger partial charge in [0.25, 0.3) is 11.6 Å². The smallest absolute Gasteiger partial charge is 0.270 e. The average molecular weight is 322 g/mol. The van der Waals surface area contributed by atoms with E-state index in [-0.39, 0.29) is 40.6 Å². The summed E-state index contributed by atoms with van der Waals surface area (Å²) >= 11 is 5.86. The number of benzene rings is 1. The van der Waals surface area contributed by atoms with Gasteiger partial charge in [-0.3, -0.25) is 14.9 Å². The molecule has 112 valence electrons. The topological polar surface area (TPSA) is 84.3 Å². The molecule has 0 unspecified atom stereocenters. The Morgan fingerprint density at radius 1 is 1.50 bits per heavy atom. The Labute approximate surface area is 128 Å². The third kappa shape index (κ3) is 5.32. The van der Waals surface area contributed by atoms with Gasteiger partial charge in [-0.25, -0.2) is 0 Å². The van der Waals surface area contributed by atoms with Crippen LogP contribution in [0.2, 0.25) is 5.02 Å². The van der Waals surface area contributed by atoms with Gasteiger partial charge in [-0.2, -0.15) is 0 Å². The Kier molecular flexibility index (Phi) is 8.13. The number of carbonyl (C=O) groups is 1. The first-order valence-electron chi connectivity index (χ1n) is 5.91. The summed E-state index contributed by atoms with van der Waals surface area (Å²) in [4.78, 5) is 21.9. The Bertz CT molecular complexity index is 483. The molecule has 1 aromatic carbocycles. The number of likely N-dealkylation sites (N-methyl/N-ethyl adjacent to an activating group) is 1. The third-order valence-corrected chi connectivity index (χ3v) is 2.84. The first-order chi connectivity index (χ1) is 8.95. The molecule has 1 aromatic rings. The molecule has 2 N–H and O–H groups in total. The van der Waals surface area contributed by atoms with Crippen molar-refractivity contribution in [3.63, 3.8) is 0 Å². The minimum Gasteiger partial charge on any atom is -0.350 e. The number of nitro benzene ring substituents is 1. The Hall–Kier alpha value is -1.37. The van der Waals surface area contributed by atoms with Gasteiger partial charge < -0.3 is 10.6 Å². The normalized spacial score (nSPS) is 11.3. The van der Waals surface area contributed by atoms with Crippen LogP contribution in [0.5, 0.6) is 0 Å². The highest BCUT2D eigenvalue weighted by Gasteiger charge is 2.15. The highest BCUT2D eigenvalue weighted by atomic mass is 35.5. The maximum atomic E-state index is 11.9. The van der Waals surface area contributed by atoms with Crippen molar-refractivity contribution in [3.05, 3.63) is 38.9 Å². The van der Waals surface area contributed by atoms with Crippen molar-refractivity contribution >= 4 is 35.6 Å². The largest absolute Gasteiger partial charge is 0.350 e. The SMILES string of the molecule is CCN[C@H](C)CNC(=O)c1ccc([N+](=O)[O-])cc1Cl.Cl. The van der Waals surface area contributed by atoms with Crippen LogP contribution in [-0.4, -0.2) is 30.0 Å². The molecular formula is C12H17Cl2N3O3. The van der Waals surface area contributed by atoms with E-state index < -0.39 is 4.92 Å². The van der Waals surface area contributed by atoms with Crippen LogP contribution in [0, 0.1) is 10.1 Å². The minimum atomic E-state index is -0.555. The van der Waals surface area contributed by atoms with Crippen molar-refractivity contribution in [1.29, 1.82) is 0 Å². The maximum Gasteiger partial charge on any atom is 0.270 e. The van der Waals surface area contributed by atoms with E-state index in [1.54, 1.807) is 0 Å². The molecule has 0 radical (unpaired) electrons. The lowest BCUT2D eigenvalue weighted by molar-refractivity contribution is -0.384. The number of nitrogens with zero attached hydrogens (tertiary/aromatic N) is 1. The van der Waals surface area contributed by atoms with E-state index in [4.69, 9.17) is 11.6 Å². The van der Waals surface area contributed by atoms with Crippen LogP contribution >= 0.6 is 24.0 Å². The van der Waals surface area contributed by atoms with Crippen LogP contribution < -0.4 is 10.6 Å². The fourth-order valence-electron chi connectivity index (χ4n) is 1.56. The number of halogens is 2. The molecule has 6 nitrogen and oxygen atoms in total. The number of amides is 1. The van der Waals surface area contributed by atoms with Crippen LogP contribution in [0.4, 0.5) is 5.69 Å². The van der Waals surface area contributed by atoms with Crippen LogP contribution in [-0.2, 0) is 0 Å². The highest BCUT2D eigenvalue weighted by molar-refractivity contribution is 6.34. The van der Waals surface area contributed by atoms with Gasteiger partial charge in [-0.1, -0.05) is 18.5 Å². The van der Waals surface area contributed by atoms with E-state index in [1.165, 1.54) is 18.2 Å². The maximum absolute atomic E-state index is 11.9. The number of non-ortho nitro benzene ring substituents is 1. The third-order valence-electron chi connectivity index (χ3n) is 2.53. The van der Waals surface area contributed by atoms with Crippen molar-refractivity contribution < 1.29 is 9.72 Å². The minimum absolute atomic E-state index is 0. The molecule has 0 aliphatic carbocycles. The average Bonchev–Trinajstić information content (AvgIpc) is 2.36. The Morgan fingerprint density at radius 3 is 2.65 bits per heavy atom. The van der Waals surface area contributed by atoms with Crippen LogP contribution in [0.3, 0.4) is 0 Å². The Balaban J connectivity index is 0.00000361. The highest BCUT2D eigenvalue weighted by Crippen LogP contribution is 2.22. The van der Waals surface area contributed by atoms with E-state index in [0.29, 0.717) is 6.54 Å². The molecular weight excluding hydrogens is 305 g/mol. The molecule has 0 saturated heterocycles. The van der Waals surface area contributed by atoms with E-state index >= 15 is 0 Å². The quantitative estimate of drug-likeness (QED) is 0.622. The molecule has 1 amide bonds. The summed E-state index contributed by atoms with van der Waals surface area (Å²) in [6.07, 6.45) is 0. The second-order valence-electron chi connectivity index (χ2n) is 4.09. The van der Waals surface area contributed by atoms with Gasteiger partial charge >= 0.3 is 0 Å². The van der Waals surface area contributed by atoms with Gasteiger partial charge in [0.2, 0.25) is 0 Å². The van der Waals surface area contributed by atoms with Gasteiger partial charge in [-0.05, 0) is 19.5 Å². The summed E-state index contributed by atoms with van der Waals surface area (Å²) in [5, 5.41) is 16.5. The van der Waals surface area contributed by atoms with E-state index in [9.17, 15) is 14.9 Å². The zero-order chi connectivity index (χ0) is 14.4. The molecule has 0 saturated carbocycles. The van der Waals surface area contributed by atoms with Gasteiger partial charge in [0.1, 0.15) is 0 Å². The zero-order valence-electron chi connectivity index (χ0n) is 11.2. The molecule has 0 fully saturated rings. The molecule has 20 heavy (non-hydrogen) atoms. The van der Waals surface area contributed by atoms with Crippen LogP contribution in [0.1, 0.15) is 24.2 Å². The number of rotatable bonds is 6. The predicted molar refractivity (Wildman–Crippen MR) is 80.8 cm³/mol. The summed E-state index contributed by atoms with van der Waals surface area (Å²) < 4.78 is 0. The second-order valence-corrected chi connectivity index (χ2v) is 4.50. The molecule has 0 bridgehead atoms. The summed E-state index contributed by atoms with van der Waals surface area (Å²) in [5.41, 5.74) is 0.0959. The molecule has 0 aromatic heterocycles. The molecule has 1 atom stereocenters. The molecule has 8 heteroatoms. The number of nitro groups is 1. The van der Waals surface area contributed by atoms with Gasteiger partial charge in [0.15, 0.2) is 0 Å². The van der Waals surface area contributed by atoms with Crippen molar-refractivity contribution in [3.8, 4) is 0 Å². The molecule has 0 aliphatic rings. The molecule has 1 rings (SSSR count). The van der Waals surface area contributed by atoms with Crippen LogP contribution in [0.15, 0.2) is 18.2 Å². The lowest BCUT2D eigenvalue weighted by atomic mass is 10.2. The van der Waals surface area contributed by atoms with Gasteiger partial charge in [-0.15, -0.1) is 12.4 Å². The van der Waals surface area contributed by atoms with E-state index in [2.05, 4.69) is 10.6 Å².